The largest absolute Gasteiger partial charge is 0.390 e. The zero-order valence-electron chi connectivity index (χ0n) is 10.6. The van der Waals surface area contributed by atoms with E-state index in [2.05, 4.69) is 6.58 Å². The summed E-state index contributed by atoms with van der Waals surface area (Å²) < 4.78 is 12.1. The van der Waals surface area contributed by atoms with E-state index in [1.165, 1.54) is 6.42 Å². The van der Waals surface area contributed by atoms with Crippen LogP contribution in [0.5, 0.6) is 0 Å². The highest BCUT2D eigenvalue weighted by molar-refractivity contribution is 7.86. The lowest BCUT2D eigenvalue weighted by Crippen LogP contribution is -2.48. The van der Waals surface area contributed by atoms with Gasteiger partial charge in [-0.25, -0.2) is 0 Å². The predicted molar refractivity (Wildman–Crippen MR) is 72.4 cm³/mol. The van der Waals surface area contributed by atoms with Gasteiger partial charge < -0.3 is 5.11 Å². The summed E-state index contributed by atoms with van der Waals surface area (Å²) in [5.41, 5.74) is -0.523. The maximum absolute atomic E-state index is 12.1. The van der Waals surface area contributed by atoms with Gasteiger partial charge in [-0.3, -0.25) is 4.21 Å². The molecule has 2 bridgehead atoms. The summed E-state index contributed by atoms with van der Waals surface area (Å²) >= 11 is 0. The average Bonchev–Trinajstić information content (AvgIpc) is 2.27. The molecule has 98 valence electrons. The second-order valence-corrected chi connectivity index (χ2v) is 7.66. The van der Waals surface area contributed by atoms with E-state index in [0.717, 1.165) is 51.4 Å². The Kier molecular flexibility index (Phi) is 4.42. The van der Waals surface area contributed by atoms with Gasteiger partial charge in [0.15, 0.2) is 0 Å². The number of fused-ring (bicyclic) bond motifs is 2. The molecule has 0 aromatic heterocycles. The lowest BCUT2D eigenvalue weighted by atomic mass is 9.82. The third-order valence-electron chi connectivity index (χ3n) is 4.22. The normalized spacial score (nSPS) is 41.1. The molecule has 3 heteroatoms. The van der Waals surface area contributed by atoms with Crippen LogP contribution in [0.2, 0.25) is 0 Å². The Morgan fingerprint density at radius 2 is 1.94 bits per heavy atom. The van der Waals surface area contributed by atoms with Crippen molar-refractivity contribution >= 4 is 10.8 Å². The van der Waals surface area contributed by atoms with Gasteiger partial charge in [-0.1, -0.05) is 18.9 Å². The molecule has 17 heavy (non-hydrogen) atoms. The number of unbranched alkanes of at least 4 members (excludes halogenated alkanes) is 2. The second-order valence-electron chi connectivity index (χ2n) is 5.67. The molecule has 2 nitrogen and oxygen atoms in total. The molecule has 0 amide bonds. The molecule has 2 atom stereocenters. The van der Waals surface area contributed by atoms with Crippen molar-refractivity contribution in [3.63, 3.8) is 0 Å². The van der Waals surface area contributed by atoms with E-state index >= 15 is 0 Å². The Hall–Kier alpha value is -0.150. The average molecular weight is 256 g/mol. The van der Waals surface area contributed by atoms with Crippen LogP contribution in [-0.2, 0) is 10.8 Å². The smallest absolute Gasteiger partial charge is 0.0670 e. The van der Waals surface area contributed by atoms with Gasteiger partial charge in [0.1, 0.15) is 0 Å². The fourth-order valence-electron chi connectivity index (χ4n) is 3.32. The standard InChI is InChI=1S/C14H24O2S/c1-2-3-4-5-9-14(15)10-12-7-6-8-13(11-14)17(12)16/h2,12-13,15H,1,3-11H2. The van der Waals surface area contributed by atoms with Gasteiger partial charge in [0.25, 0.3) is 0 Å². The highest BCUT2D eigenvalue weighted by Crippen LogP contribution is 2.41. The third kappa shape index (κ3) is 3.19. The van der Waals surface area contributed by atoms with Crippen LogP contribution < -0.4 is 0 Å². The molecular formula is C14H24O2S. The summed E-state index contributed by atoms with van der Waals surface area (Å²) in [7, 11) is -0.668. The molecule has 2 unspecified atom stereocenters. The van der Waals surface area contributed by atoms with E-state index in [4.69, 9.17) is 0 Å². The molecule has 0 saturated carbocycles. The molecule has 0 radical (unpaired) electrons. The number of aliphatic hydroxyl groups is 1. The second kappa shape index (κ2) is 5.66. The first-order chi connectivity index (χ1) is 8.14. The predicted octanol–water partition coefficient (Wildman–Crippen LogP) is 2.93. The minimum Gasteiger partial charge on any atom is -0.390 e. The molecule has 2 aliphatic rings. The van der Waals surface area contributed by atoms with Crippen LogP contribution in [0, 0.1) is 0 Å². The van der Waals surface area contributed by atoms with Crippen molar-refractivity contribution < 1.29 is 9.32 Å². The van der Waals surface area contributed by atoms with Crippen LogP contribution in [0.3, 0.4) is 0 Å². The van der Waals surface area contributed by atoms with E-state index < -0.39 is 16.4 Å². The molecule has 0 aliphatic carbocycles. The van der Waals surface area contributed by atoms with Crippen LogP contribution in [0.15, 0.2) is 12.7 Å². The van der Waals surface area contributed by atoms with Crippen molar-refractivity contribution in [2.45, 2.75) is 73.9 Å². The van der Waals surface area contributed by atoms with Crippen LogP contribution in [0.1, 0.15) is 57.8 Å². The van der Waals surface area contributed by atoms with Crippen LogP contribution in [0.4, 0.5) is 0 Å². The van der Waals surface area contributed by atoms with Crippen molar-refractivity contribution in [1.29, 1.82) is 0 Å². The number of rotatable bonds is 5. The maximum atomic E-state index is 12.1. The van der Waals surface area contributed by atoms with Crippen LogP contribution in [-0.4, -0.2) is 25.4 Å². The summed E-state index contributed by atoms with van der Waals surface area (Å²) in [6.45, 7) is 3.72. The number of allylic oxidation sites excluding steroid dienone is 1. The first-order valence-electron chi connectivity index (χ1n) is 6.87. The molecular weight excluding hydrogens is 232 g/mol. The Balaban J connectivity index is 1.88. The Morgan fingerprint density at radius 3 is 2.53 bits per heavy atom. The van der Waals surface area contributed by atoms with Crippen molar-refractivity contribution in [2.75, 3.05) is 0 Å². The van der Waals surface area contributed by atoms with Crippen LogP contribution >= 0.6 is 0 Å². The third-order valence-corrected chi connectivity index (χ3v) is 6.34. The Morgan fingerprint density at radius 1 is 1.29 bits per heavy atom. The molecule has 2 aliphatic heterocycles. The summed E-state index contributed by atoms with van der Waals surface area (Å²) in [5.74, 6) is 0. The molecule has 2 rings (SSSR count). The summed E-state index contributed by atoms with van der Waals surface area (Å²) in [6, 6.07) is 0. The molecule has 0 spiro atoms. The molecule has 0 aromatic carbocycles. The van der Waals surface area contributed by atoms with Gasteiger partial charge in [0.2, 0.25) is 0 Å². The van der Waals surface area contributed by atoms with E-state index in [0.29, 0.717) is 0 Å². The number of hydrogen-bond acceptors (Lipinski definition) is 2. The first kappa shape index (κ1) is 13.3. The summed E-state index contributed by atoms with van der Waals surface area (Å²) in [6.07, 6.45) is 10.9. The molecule has 0 aromatic rings. The highest BCUT2D eigenvalue weighted by atomic mass is 32.2. The van der Waals surface area contributed by atoms with E-state index in [-0.39, 0.29) is 10.5 Å². The van der Waals surface area contributed by atoms with Gasteiger partial charge in [-0.15, -0.1) is 6.58 Å². The minimum atomic E-state index is -0.668. The Bertz CT molecular complexity index is 285. The van der Waals surface area contributed by atoms with Gasteiger partial charge in [0.05, 0.1) is 5.60 Å². The van der Waals surface area contributed by atoms with Crippen molar-refractivity contribution in [2.24, 2.45) is 0 Å². The fourth-order valence-corrected chi connectivity index (χ4v) is 5.62. The van der Waals surface area contributed by atoms with Crippen molar-refractivity contribution in [1.82, 2.24) is 0 Å². The lowest BCUT2D eigenvalue weighted by Gasteiger charge is -2.43. The highest BCUT2D eigenvalue weighted by Gasteiger charge is 2.44. The summed E-state index contributed by atoms with van der Waals surface area (Å²) in [4.78, 5) is 0. The number of hydrogen-bond donors (Lipinski definition) is 1. The summed E-state index contributed by atoms with van der Waals surface area (Å²) in [5, 5.41) is 11.2. The SMILES string of the molecule is C=CCCCCC1(O)CC2CCCC(C1)S2=O. The van der Waals surface area contributed by atoms with Crippen molar-refractivity contribution in [3.05, 3.63) is 12.7 Å². The zero-order chi connectivity index (χ0) is 12.3. The van der Waals surface area contributed by atoms with Gasteiger partial charge >= 0.3 is 0 Å². The fraction of sp³-hybridized carbons (Fsp3) is 0.857. The van der Waals surface area contributed by atoms with Gasteiger partial charge in [-0.05, 0) is 44.9 Å². The molecule has 2 fully saturated rings. The quantitative estimate of drug-likeness (QED) is 0.606. The molecule has 2 saturated heterocycles. The topological polar surface area (TPSA) is 37.3 Å². The minimum absolute atomic E-state index is 0.270. The zero-order valence-corrected chi connectivity index (χ0v) is 11.4. The van der Waals surface area contributed by atoms with E-state index in [1.54, 1.807) is 0 Å². The van der Waals surface area contributed by atoms with E-state index in [9.17, 15) is 9.32 Å². The van der Waals surface area contributed by atoms with Gasteiger partial charge in [-0.2, -0.15) is 0 Å². The lowest BCUT2D eigenvalue weighted by molar-refractivity contribution is 0.00106. The van der Waals surface area contributed by atoms with Crippen molar-refractivity contribution in [3.8, 4) is 0 Å². The van der Waals surface area contributed by atoms with Crippen LogP contribution in [0.25, 0.3) is 0 Å². The monoisotopic (exact) mass is 256 g/mol. The molecule has 2 heterocycles. The Labute approximate surface area is 107 Å². The van der Waals surface area contributed by atoms with E-state index in [1.807, 2.05) is 6.08 Å². The maximum Gasteiger partial charge on any atom is 0.0670 e. The van der Waals surface area contributed by atoms with Gasteiger partial charge in [0, 0.05) is 21.3 Å². The first-order valence-corrected chi connectivity index (χ1v) is 8.15. The molecule has 1 N–H and O–H groups in total.